The highest BCUT2D eigenvalue weighted by Gasteiger charge is 2.68. The Bertz CT molecular complexity index is 3340. The van der Waals surface area contributed by atoms with Crippen molar-refractivity contribution >= 4 is 22.3 Å². The van der Waals surface area contributed by atoms with Gasteiger partial charge in [-0.05, 0) is 213 Å². The van der Waals surface area contributed by atoms with Gasteiger partial charge in [-0.15, -0.1) is 0 Å². The summed E-state index contributed by atoms with van der Waals surface area (Å²) in [6.07, 6.45) is 13.5. The van der Waals surface area contributed by atoms with Crippen molar-refractivity contribution in [1.82, 2.24) is 20.9 Å². The van der Waals surface area contributed by atoms with Crippen molar-refractivity contribution in [3.05, 3.63) is 118 Å². The van der Waals surface area contributed by atoms with E-state index >= 15 is 4.79 Å². The van der Waals surface area contributed by atoms with E-state index < -0.39 is 35.9 Å². The molecule has 6 fully saturated rings. The number of rotatable bonds is 16. The number of dihydropyridines is 1. The van der Waals surface area contributed by atoms with Gasteiger partial charge in [0, 0.05) is 72.6 Å². The number of phenols is 1. The van der Waals surface area contributed by atoms with Gasteiger partial charge in [0.25, 0.3) is 0 Å². The number of methoxy groups -OCH3 is 1. The summed E-state index contributed by atoms with van der Waals surface area (Å²) >= 11 is 0. The molecule has 0 radical (unpaired) electrons. The van der Waals surface area contributed by atoms with E-state index in [1.54, 1.807) is 12.1 Å². The van der Waals surface area contributed by atoms with E-state index in [1.807, 2.05) is 18.2 Å². The summed E-state index contributed by atoms with van der Waals surface area (Å²) in [6, 6.07) is 20.3. The van der Waals surface area contributed by atoms with Crippen molar-refractivity contribution in [3.8, 4) is 23.3 Å². The first kappa shape index (κ1) is 60.4. The first-order valence-corrected chi connectivity index (χ1v) is 33.5. The fourth-order valence-electron chi connectivity index (χ4n) is 20.2. The van der Waals surface area contributed by atoms with Crippen LogP contribution in [0.5, 0.6) is 11.5 Å². The maximum atomic E-state index is 15.4. The highest BCUT2D eigenvalue weighted by molar-refractivity contribution is 5.89. The SMILES string of the molecule is CCC1=C([C@H](C[C@H](O)[C@H](O)C[C@H]2C#C[C@@]3(CC[C@@H]([C@H]4[C@@H](CCC(O)O)[C@H]5[C@@H]6[C@H](c7[nH]ccc7[C@@H]7CC(=O)C[C@@H](NC58CCCCC8)[C@H]67)[C@@H]4CNC4(C)CCCC4)C[C@H]3O)C(=O)CCc3cc(OC)c(O)cc32)c2ccc3ccccc3c2)C=C(N)NC1. The Labute approximate surface area is 514 Å². The van der Waals surface area contributed by atoms with Crippen molar-refractivity contribution < 1.29 is 45.0 Å². The molecule has 3 aromatic carbocycles. The number of benzene rings is 3. The molecule has 4 aromatic rings. The lowest BCUT2D eigenvalue weighted by atomic mass is 9.39. The average Bonchev–Trinajstić information content (AvgIpc) is 1.52. The second kappa shape index (κ2) is 24.4. The number of nitrogens with one attached hydrogen (secondary N) is 4. The average molecular weight is 1190 g/mol. The van der Waals surface area contributed by atoms with Crippen LogP contribution in [0.2, 0.25) is 0 Å². The number of hydrogen-bond acceptors (Lipinski definition) is 13. The minimum absolute atomic E-state index is 0.00895. The quantitative estimate of drug-likeness (QED) is 0.0370. The predicted molar refractivity (Wildman–Crippen MR) is 336 cm³/mol. The van der Waals surface area contributed by atoms with Gasteiger partial charge in [-0.3, -0.25) is 9.59 Å². The van der Waals surface area contributed by atoms with Crippen LogP contribution in [-0.2, 0) is 16.0 Å². The standard InChI is InChI=1S/C73H95N5O9/c1-4-41-39-76-63(74)38-53(41)52(44-15-14-42-12-6-7-13-43(42)30-44)37-58(81)57(80)31-46-20-27-72(61(83)18-16-45-32-60(87-3)59(82)36-51(45)46)28-21-47(33-62(72)84)65-50(17-19-64(85)86)69-68-66-54(34-48(79)35-56(66)78-73(69)25-8-5-9-26-73)49-22-29-75-70(49)67(68)55(65)40-77-71(2)23-10-11-24-71/h6-7,12-15,22,29-30,32,36,38,46-47,50,52,54-58,62,64-69,75-78,80-82,84-86H,4-5,8-11,16-19,21,23-26,28,31,33-35,37,39-40,74H2,1-3H3/t46-,47-,50-,52-,54+,55-,56-,57-,58+,62-,65+,66-,67-,68+,69+,72-/m1/s1. The molecule has 14 heteroatoms. The Morgan fingerprint density at radius 1 is 0.862 bits per heavy atom. The third kappa shape index (κ3) is 11.1. The van der Waals surface area contributed by atoms with Gasteiger partial charge >= 0.3 is 0 Å². The van der Waals surface area contributed by atoms with Crippen molar-refractivity contribution in [2.75, 3.05) is 20.2 Å². The summed E-state index contributed by atoms with van der Waals surface area (Å²) in [6.45, 7) is 5.85. The monoisotopic (exact) mass is 1190 g/mol. The fourth-order valence-corrected chi connectivity index (χ4v) is 20.2. The van der Waals surface area contributed by atoms with Gasteiger partial charge in [0.15, 0.2) is 23.6 Å². The second-order valence-electron chi connectivity index (χ2n) is 28.8. The number of H-pyrrole nitrogens is 1. The maximum absolute atomic E-state index is 15.4. The van der Waals surface area contributed by atoms with Crippen LogP contribution in [0.4, 0.5) is 0 Å². The normalized spacial score (nSPS) is 33.5. The molecule has 3 heterocycles. The van der Waals surface area contributed by atoms with E-state index in [-0.39, 0.29) is 126 Å². The number of aliphatic hydroxyl groups excluding tert-OH is 4. The molecule has 2 aliphatic heterocycles. The van der Waals surface area contributed by atoms with Gasteiger partial charge in [0.1, 0.15) is 11.2 Å². The number of aliphatic hydroxyl groups is 5. The number of piperidine rings is 1. The van der Waals surface area contributed by atoms with Gasteiger partial charge in [-0.2, -0.15) is 0 Å². The molecule has 7 aliphatic carbocycles. The van der Waals surface area contributed by atoms with Gasteiger partial charge < -0.3 is 62.0 Å². The maximum Gasteiger partial charge on any atom is 0.160 e. The number of aromatic hydroxyl groups is 1. The Balaban J connectivity index is 0.864. The summed E-state index contributed by atoms with van der Waals surface area (Å²) in [5.41, 5.74) is 11.9. The molecule has 1 saturated heterocycles. The number of ketones is 2. The van der Waals surface area contributed by atoms with Gasteiger partial charge in [0.05, 0.1) is 31.2 Å². The van der Waals surface area contributed by atoms with Crippen LogP contribution in [0, 0.1) is 58.7 Å². The van der Waals surface area contributed by atoms with Crippen LogP contribution in [0.25, 0.3) is 10.8 Å². The number of carbonyl (C=O) groups excluding carboxylic acids is 2. The molecule has 0 amide bonds. The molecule has 5 saturated carbocycles. The molecule has 9 aliphatic rings. The first-order valence-electron chi connectivity index (χ1n) is 33.5. The lowest BCUT2D eigenvalue weighted by Crippen LogP contribution is -2.74. The van der Waals surface area contributed by atoms with Crippen molar-refractivity contribution in [3.63, 3.8) is 0 Å². The summed E-state index contributed by atoms with van der Waals surface area (Å²) in [7, 11) is 1.49. The molecule has 13 rings (SSSR count). The smallest absolute Gasteiger partial charge is 0.160 e. The van der Waals surface area contributed by atoms with Crippen molar-refractivity contribution in [2.45, 2.75) is 214 Å². The highest BCUT2D eigenvalue weighted by Crippen LogP contribution is 2.69. The predicted octanol–water partition coefficient (Wildman–Crippen LogP) is 9.67. The van der Waals surface area contributed by atoms with Crippen molar-refractivity contribution in [2.24, 2.45) is 52.6 Å². The summed E-state index contributed by atoms with van der Waals surface area (Å²) in [5.74, 6) is 8.04. The summed E-state index contributed by atoms with van der Waals surface area (Å²) in [4.78, 5) is 33.2. The zero-order valence-electron chi connectivity index (χ0n) is 51.4. The summed E-state index contributed by atoms with van der Waals surface area (Å²) in [5, 5.41) is 85.5. The van der Waals surface area contributed by atoms with E-state index in [0.29, 0.717) is 62.2 Å². The third-order valence-electron chi connectivity index (χ3n) is 24.2. The van der Waals surface area contributed by atoms with Crippen LogP contribution < -0.4 is 26.4 Å². The number of aryl methyl sites for hydroxylation is 1. The molecule has 466 valence electrons. The third-order valence-corrected chi connectivity index (χ3v) is 24.2. The first-order chi connectivity index (χ1) is 42.0. The van der Waals surface area contributed by atoms with Crippen LogP contribution in [0.15, 0.2) is 89.9 Å². The van der Waals surface area contributed by atoms with Gasteiger partial charge in [-0.1, -0.05) is 93.3 Å². The van der Waals surface area contributed by atoms with E-state index in [4.69, 9.17) is 10.5 Å². The molecule has 0 unspecified atom stereocenters. The number of fused-ring (bicyclic) bond motifs is 6. The Morgan fingerprint density at radius 3 is 2.40 bits per heavy atom. The minimum atomic E-state index is -1.47. The number of aromatic amines is 1. The number of allylic oxidation sites excluding steroid dienone is 2. The molecule has 87 heavy (non-hydrogen) atoms. The number of hydrogen-bond donors (Lipinski definition) is 11. The van der Waals surface area contributed by atoms with Crippen molar-refractivity contribution in [1.29, 1.82) is 0 Å². The minimum Gasteiger partial charge on any atom is -0.504 e. The molecule has 0 bridgehead atoms. The van der Waals surface area contributed by atoms with Gasteiger partial charge in [-0.25, -0.2) is 0 Å². The van der Waals surface area contributed by atoms with E-state index in [9.17, 15) is 35.4 Å². The Kier molecular flexibility index (Phi) is 16.9. The summed E-state index contributed by atoms with van der Waals surface area (Å²) < 4.78 is 5.65. The molecular formula is C73H95N5O9. The zero-order valence-corrected chi connectivity index (χ0v) is 51.4. The molecular weight excluding hydrogens is 1090 g/mol. The van der Waals surface area contributed by atoms with Crippen LogP contribution in [-0.4, -0.2) is 109 Å². The van der Waals surface area contributed by atoms with E-state index in [2.05, 4.69) is 89.2 Å². The number of ether oxygens (including phenoxy) is 1. The second-order valence-corrected chi connectivity index (χ2v) is 28.8. The Morgan fingerprint density at radius 2 is 1.64 bits per heavy atom. The Hall–Kier alpha value is -5.50. The lowest BCUT2D eigenvalue weighted by Gasteiger charge is -2.69. The zero-order chi connectivity index (χ0) is 60.5. The lowest BCUT2D eigenvalue weighted by molar-refractivity contribution is -0.164. The molecule has 16 atom stereocenters. The van der Waals surface area contributed by atoms with E-state index in [1.165, 1.54) is 36.8 Å². The fraction of sp³-hybridized carbons (Fsp3) is 0.616. The van der Waals surface area contributed by atoms with Crippen LogP contribution >= 0.6 is 0 Å². The molecule has 12 N–H and O–H groups in total. The largest absolute Gasteiger partial charge is 0.504 e. The van der Waals surface area contributed by atoms with Gasteiger partial charge in [0.2, 0.25) is 0 Å². The molecule has 14 nitrogen and oxygen atoms in total. The number of carbonyl (C=O) groups is 2. The number of Topliss-reactive ketones (excluding diaryl/α,β-unsaturated/α-hetero) is 2. The van der Waals surface area contributed by atoms with Crippen LogP contribution in [0.1, 0.15) is 194 Å². The highest BCUT2D eigenvalue weighted by atomic mass is 16.5. The number of phenolic OH excluding ortho intramolecular Hbond substituents is 1. The number of aromatic nitrogens is 1. The topological polar surface area (TPSA) is 243 Å². The van der Waals surface area contributed by atoms with E-state index in [0.717, 1.165) is 85.4 Å². The van der Waals surface area contributed by atoms with Crippen LogP contribution in [0.3, 0.4) is 0 Å². The molecule has 2 spiro atoms. The molecule has 1 aromatic heterocycles. The number of nitrogens with two attached hydrogens (primary N) is 1.